The maximum Gasteiger partial charge on any atom is 0.252 e. The lowest BCUT2D eigenvalue weighted by molar-refractivity contribution is -0.178. The Bertz CT molecular complexity index is 1550. The van der Waals surface area contributed by atoms with E-state index >= 15 is 4.39 Å². The van der Waals surface area contributed by atoms with E-state index in [1.54, 1.807) is 41.3 Å². The topological polar surface area (TPSA) is 66.9 Å². The van der Waals surface area contributed by atoms with Gasteiger partial charge in [-0.3, -0.25) is 9.10 Å². The molecule has 3 aromatic carbocycles. The average Bonchev–Trinajstić information content (AvgIpc) is 3.83. The zero-order valence-electron chi connectivity index (χ0n) is 23.2. The molecule has 0 N–H and O–H groups in total. The third-order valence-corrected chi connectivity index (χ3v) is 10.6. The number of anilines is 1. The van der Waals surface area contributed by atoms with Crippen molar-refractivity contribution in [2.24, 2.45) is 0 Å². The van der Waals surface area contributed by atoms with Crippen LogP contribution in [-0.4, -0.2) is 43.2 Å². The minimum atomic E-state index is -3.87. The van der Waals surface area contributed by atoms with E-state index in [2.05, 4.69) is 6.58 Å². The number of sulfonamides is 1. The number of ether oxygens (including phenoxy) is 1. The number of rotatable bonds is 11. The molecule has 1 aliphatic carbocycles. The number of carbonyl (C=O) groups is 1. The minimum Gasteiger partial charge on any atom is -0.358 e. The SMILES string of the molecule is C=CC[C@@H]1O[C@H](c2cccc(Cl)c2)[C@@H](c2ccc(Cl)cc2)N(C(CC)CN(c2ccccc2F)S(=O)(=O)C2CC2)C1=O. The van der Waals surface area contributed by atoms with E-state index in [0.717, 1.165) is 15.4 Å². The fraction of sp³-hybridized carbons (Fsp3) is 0.344. The molecule has 1 saturated heterocycles. The number of benzene rings is 3. The summed E-state index contributed by atoms with van der Waals surface area (Å²) in [5, 5.41) is 0.475. The number of para-hydroxylation sites is 1. The molecule has 1 heterocycles. The van der Waals surface area contributed by atoms with Crippen molar-refractivity contribution in [1.29, 1.82) is 0 Å². The van der Waals surface area contributed by atoms with E-state index in [-0.39, 0.29) is 24.6 Å². The number of halogens is 3. The van der Waals surface area contributed by atoms with Crippen molar-refractivity contribution in [2.75, 3.05) is 10.8 Å². The summed E-state index contributed by atoms with van der Waals surface area (Å²) in [7, 11) is -3.87. The minimum absolute atomic E-state index is 0.0272. The molecule has 1 unspecified atom stereocenters. The van der Waals surface area contributed by atoms with Crippen LogP contribution in [0.2, 0.25) is 10.0 Å². The monoisotopic (exact) mass is 630 g/mol. The van der Waals surface area contributed by atoms with E-state index in [1.165, 1.54) is 18.2 Å². The van der Waals surface area contributed by atoms with Gasteiger partial charge in [0, 0.05) is 16.5 Å². The molecule has 10 heteroatoms. The van der Waals surface area contributed by atoms with Crippen molar-refractivity contribution in [2.45, 2.75) is 62.1 Å². The van der Waals surface area contributed by atoms with Gasteiger partial charge in [-0.1, -0.05) is 72.6 Å². The third-order valence-electron chi connectivity index (χ3n) is 7.81. The molecule has 1 aliphatic heterocycles. The predicted molar refractivity (Wildman–Crippen MR) is 165 cm³/mol. The van der Waals surface area contributed by atoms with Crippen LogP contribution in [0.1, 0.15) is 55.9 Å². The van der Waals surface area contributed by atoms with E-state index in [4.69, 9.17) is 27.9 Å². The van der Waals surface area contributed by atoms with Gasteiger partial charge < -0.3 is 9.64 Å². The maximum atomic E-state index is 15.1. The normalized spacial score (nSPS) is 21.7. The molecule has 0 bridgehead atoms. The summed E-state index contributed by atoms with van der Waals surface area (Å²) in [5.41, 5.74) is 1.50. The summed E-state index contributed by atoms with van der Waals surface area (Å²) in [6.07, 6.45) is 1.84. The quantitative estimate of drug-likeness (QED) is 0.206. The summed E-state index contributed by atoms with van der Waals surface area (Å²) < 4.78 is 50.2. The van der Waals surface area contributed by atoms with Gasteiger partial charge in [0.1, 0.15) is 18.0 Å². The summed E-state index contributed by atoms with van der Waals surface area (Å²) in [6.45, 7) is 5.60. The molecule has 0 radical (unpaired) electrons. The maximum absolute atomic E-state index is 15.1. The second-order valence-electron chi connectivity index (χ2n) is 10.7. The van der Waals surface area contributed by atoms with Gasteiger partial charge in [-0.05, 0) is 66.8 Å². The lowest BCUT2D eigenvalue weighted by Gasteiger charge is -2.49. The Balaban J connectivity index is 1.65. The van der Waals surface area contributed by atoms with Gasteiger partial charge in [-0.25, -0.2) is 12.8 Å². The second kappa shape index (κ2) is 12.8. The number of carbonyl (C=O) groups excluding carboxylic acids is 1. The number of hydrogen-bond donors (Lipinski definition) is 0. The van der Waals surface area contributed by atoms with E-state index < -0.39 is 45.4 Å². The third kappa shape index (κ3) is 6.23. The van der Waals surface area contributed by atoms with Gasteiger partial charge in [0.25, 0.3) is 5.91 Å². The molecule has 4 atom stereocenters. The summed E-state index contributed by atoms with van der Waals surface area (Å²) in [5.74, 6) is -0.933. The average molecular weight is 632 g/mol. The van der Waals surface area contributed by atoms with E-state index in [9.17, 15) is 13.2 Å². The molecule has 6 nitrogen and oxygen atoms in total. The van der Waals surface area contributed by atoms with Crippen LogP contribution in [0.15, 0.2) is 85.5 Å². The summed E-state index contributed by atoms with van der Waals surface area (Å²) >= 11 is 12.6. The fourth-order valence-corrected chi connectivity index (χ4v) is 7.78. The highest BCUT2D eigenvalue weighted by molar-refractivity contribution is 7.93. The Kier molecular flexibility index (Phi) is 9.28. The molecule has 5 rings (SSSR count). The van der Waals surface area contributed by atoms with Gasteiger partial charge >= 0.3 is 0 Å². The fourth-order valence-electron chi connectivity index (χ4n) is 5.56. The first kappa shape index (κ1) is 30.5. The van der Waals surface area contributed by atoms with Crippen molar-refractivity contribution in [1.82, 2.24) is 4.90 Å². The number of morpholine rings is 1. The molecule has 0 aromatic heterocycles. The molecule has 2 fully saturated rings. The van der Waals surface area contributed by atoms with Gasteiger partial charge in [-0.2, -0.15) is 0 Å². The molecule has 2 aliphatic rings. The standard InChI is InChI=1S/C32H33Cl2FN2O4S/c1-3-8-29-32(38)37(25(4-2)20-36(42(39,40)26-17-18-26)28-12-6-5-11-27(28)35)30(21-13-15-23(33)16-14-21)31(41-29)22-9-7-10-24(34)19-22/h3,5-7,9-16,19,25-26,29-31H,1,4,8,17-18,20H2,2H3/t25?,29-,30+,31+/m0/s1. The van der Waals surface area contributed by atoms with Gasteiger partial charge in [0.05, 0.1) is 29.6 Å². The van der Waals surface area contributed by atoms with Crippen molar-refractivity contribution < 1.29 is 22.3 Å². The van der Waals surface area contributed by atoms with Crippen LogP contribution in [0.25, 0.3) is 0 Å². The lowest BCUT2D eigenvalue weighted by Crippen LogP contribution is -2.57. The highest BCUT2D eigenvalue weighted by Crippen LogP contribution is 2.45. The largest absolute Gasteiger partial charge is 0.358 e. The Morgan fingerprint density at radius 2 is 1.76 bits per heavy atom. The van der Waals surface area contributed by atoms with E-state index in [0.29, 0.717) is 29.3 Å². The molecular weight excluding hydrogens is 598 g/mol. The predicted octanol–water partition coefficient (Wildman–Crippen LogP) is 7.50. The Morgan fingerprint density at radius 3 is 2.38 bits per heavy atom. The first-order valence-corrected chi connectivity index (χ1v) is 16.3. The van der Waals surface area contributed by atoms with Crippen LogP contribution >= 0.6 is 23.2 Å². The molecule has 222 valence electrons. The summed E-state index contributed by atoms with van der Waals surface area (Å²) in [4.78, 5) is 16.0. The smallest absolute Gasteiger partial charge is 0.252 e. The molecule has 42 heavy (non-hydrogen) atoms. The first-order valence-electron chi connectivity index (χ1n) is 14.0. The van der Waals surface area contributed by atoms with Crippen LogP contribution in [0.5, 0.6) is 0 Å². The Labute approximate surface area is 256 Å². The molecule has 3 aromatic rings. The van der Waals surface area contributed by atoms with Gasteiger partial charge in [0.15, 0.2) is 0 Å². The molecule has 1 saturated carbocycles. The van der Waals surface area contributed by atoms with Crippen molar-refractivity contribution in [3.05, 3.63) is 112 Å². The van der Waals surface area contributed by atoms with Crippen LogP contribution in [0, 0.1) is 5.82 Å². The number of nitrogens with zero attached hydrogens (tertiary/aromatic N) is 2. The van der Waals surface area contributed by atoms with Crippen LogP contribution in [-0.2, 0) is 19.6 Å². The highest BCUT2D eigenvalue weighted by atomic mass is 35.5. The molecule has 1 amide bonds. The zero-order chi connectivity index (χ0) is 30.0. The van der Waals surface area contributed by atoms with Crippen LogP contribution in [0.4, 0.5) is 10.1 Å². The Hall–Kier alpha value is -2.91. The molecular formula is C32H33Cl2FN2O4S. The van der Waals surface area contributed by atoms with Crippen LogP contribution < -0.4 is 4.31 Å². The van der Waals surface area contributed by atoms with Crippen molar-refractivity contribution in [3.63, 3.8) is 0 Å². The Morgan fingerprint density at radius 1 is 1.05 bits per heavy atom. The number of hydrogen-bond acceptors (Lipinski definition) is 4. The molecule has 0 spiro atoms. The summed E-state index contributed by atoms with van der Waals surface area (Å²) in [6, 6.07) is 19.0. The second-order valence-corrected chi connectivity index (χ2v) is 13.7. The van der Waals surface area contributed by atoms with Gasteiger partial charge in [0.2, 0.25) is 10.0 Å². The first-order chi connectivity index (χ1) is 20.1. The van der Waals surface area contributed by atoms with Crippen LogP contribution in [0.3, 0.4) is 0 Å². The van der Waals surface area contributed by atoms with Crippen molar-refractivity contribution in [3.8, 4) is 0 Å². The van der Waals surface area contributed by atoms with Gasteiger partial charge in [-0.15, -0.1) is 6.58 Å². The van der Waals surface area contributed by atoms with E-state index in [1.807, 2.05) is 31.2 Å². The number of amides is 1. The lowest BCUT2D eigenvalue weighted by atomic mass is 9.89. The van der Waals surface area contributed by atoms with Crippen molar-refractivity contribution >= 4 is 44.8 Å². The zero-order valence-corrected chi connectivity index (χ0v) is 25.5. The highest BCUT2D eigenvalue weighted by Gasteiger charge is 2.48.